The van der Waals surface area contributed by atoms with Gasteiger partial charge in [0.1, 0.15) is 0 Å². The Morgan fingerprint density at radius 3 is 2.30 bits per heavy atom. The molecule has 50 valence electrons. The molecule has 0 aromatic heterocycles. The normalized spacial score (nSPS) is 8.10. The molecule has 1 rings (SSSR count). The Labute approximate surface area is 86.9 Å². The van der Waals surface area contributed by atoms with Gasteiger partial charge in [-0.1, -0.05) is 10.0 Å². The van der Waals surface area contributed by atoms with Crippen molar-refractivity contribution in [2.24, 2.45) is 0 Å². The molecule has 0 N–H and O–H groups in total. The van der Waals surface area contributed by atoms with Crippen molar-refractivity contribution in [1.82, 2.24) is 0 Å². The summed E-state index contributed by atoms with van der Waals surface area (Å²) in [6.07, 6.45) is 0. The molecule has 0 aliphatic heterocycles. The zero-order valence-corrected chi connectivity index (χ0v) is 11.1. The quantitative estimate of drug-likeness (QED) is 0.506. The van der Waals surface area contributed by atoms with Crippen molar-refractivity contribution in [3.63, 3.8) is 0 Å². The molecule has 0 aliphatic carbocycles. The number of hydrogen-bond donors (Lipinski definition) is 0. The van der Waals surface area contributed by atoms with E-state index < -0.39 is 0 Å². The first-order valence-electron chi connectivity index (χ1n) is 2.39. The Morgan fingerprint density at radius 2 is 2.00 bits per heavy atom. The van der Waals surface area contributed by atoms with Gasteiger partial charge < -0.3 is 0 Å². The van der Waals surface area contributed by atoms with Crippen LogP contribution in [0.4, 0.5) is 0 Å². The second-order valence-corrected chi connectivity index (χ2v) is 2.12. The molecule has 0 saturated carbocycles. The van der Waals surface area contributed by atoms with E-state index in [0.717, 1.165) is 0 Å². The van der Waals surface area contributed by atoms with Gasteiger partial charge in [-0.25, -0.2) is 0 Å². The third-order valence-electron chi connectivity index (χ3n) is 0.759. The fraction of sp³-hybridized carbons (Fsp3) is 0. The molecule has 0 radical (unpaired) electrons. The van der Waals surface area contributed by atoms with E-state index in [1.807, 2.05) is 0 Å². The average Bonchev–Trinajstić information content (AvgIpc) is 2.00. The standard InChI is InChI=1S/C6H3Cl2.BrH.Zn/c7-5-3-1-2-4-6(5)8;;/h1-3H;1H;/q-1;;+2/p-1. The molecule has 1 aromatic carbocycles. The second kappa shape index (κ2) is 6.60. The summed E-state index contributed by atoms with van der Waals surface area (Å²) in [5.41, 5.74) is 0. The van der Waals surface area contributed by atoms with E-state index in [-0.39, 0.29) is 0 Å². The van der Waals surface area contributed by atoms with Gasteiger partial charge in [0.2, 0.25) is 0 Å². The van der Waals surface area contributed by atoms with E-state index in [1.54, 1.807) is 18.2 Å². The maximum atomic E-state index is 5.55. The SMILES string of the molecule is Clc1[c-]cccc1Cl.[Zn+][Br]. The van der Waals surface area contributed by atoms with Gasteiger partial charge in [0, 0.05) is 0 Å². The van der Waals surface area contributed by atoms with Crippen LogP contribution in [0, 0.1) is 6.07 Å². The van der Waals surface area contributed by atoms with Gasteiger partial charge in [-0.15, -0.1) is 11.6 Å². The number of hydrogen-bond acceptors (Lipinski definition) is 0. The molecule has 0 nitrogen and oxygen atoms in total. The van der Waals surface area contributed by atoms with Crippen LogP contribution in [0.25, 0.3) is 0 Å². The third kappa shape index (κ3) is 3.93. The first-order chi connectivity index (χ1) is 4.80. The summed E-state index contributed by atoms with van der Waals surface area (Å²) in [7, 11) is 0. The van der Waals surface area contributed by atoms with Crippen molar-refractivity contribution in [2.75, 3.05) is 0 Å². The Hall–Kier alpha value is 0.903. The zero-order valence-electron chi connectivity index (χ0n) is 5.07. The summed E-state index contributed by atoms with van der Waals surface area (Å²) in [5, 5.41) is 1.03. The molecule has 0 heterocycles. The molecule has 10 heavy (non-hydrogen) atoms. The summed E-state index contributed by atoms with van der Waals surface area (Å²) >= 11 is 15.3. The second-order valence-electron chi connectivity index (χ2n) is 1.33. The molecule has 4 heteroatoms. The van der Waals surface area contributed by atoms with Crippen molar-refractivity contribution in [3.05, 3.63) is 34.3 Å². The van der Waals surface area contributed by atoms with Crippen molar-refractivity contribution in [1.29, 1.82) is 0 Å². The fourth-order valence-electron chi connectivity index (χ4n) is 0.396. The van der Waals surface area contributed by atoms with Crippen molar-refractivity contribution in [3.8, 4) is 0 Å². The van der Waals surface area contributed by atoms with Crippen LogP contribution in [-0.4, -0.2) is 0 Å². The van der Waals surface area contributed by atoms with E-state index in [0.29, 0.717) is 10.0 Å². The summed E-state index contributed by atoms with van der Waals surface area (Å²) in [5.74, 6) is 0. The van der Waals surface area contributed by atoms with E-state index in [4.69, 9.17) is 23.2 Å². The van der Waals surface area contributed by atoms with Crippen LogP contribution in [0.2, 0.25) is 10.0 Å². The van der Waals surface area contributed by atoms with E-state index in [2.05, 4.69) is 19.7 Å². The van der Waals surface area contributed by atoms with Crippen LogP contribution in [0.15, 0.2) is 18.2 Å². The van der Waals surface area contributed by atoms with Gasteiger partial charge in [-0.05, 0) is 0 Å². The topological polar surface area (TPSA) is 0 Å². The van der Waals surface area contributed by atoms with Gasteiger partial charge in [0.15, 0.2) is 0 Å². The monoisotopic (exact) mass is 288 g/mol. The minimum absolute atomic E-state index is 0.481. The molecular weight excluding hydrogens is 288 g/mol. The molecule has 0 aliphatic rings. The average molecular weight is 291 g/mol. The number of rotatable bonds is 0. The van der Waals surface area contributed by atoms with Crippen LogP contribution in [0.1, 0.15) is 0 Å². The Balaban J connectivity index is 0.000000371. The van der Waals surface area contributed by atoms with Crippen molar-refractivity contribution < 1.29 is 16.3 Å². The predicted molar refractivity (Wildman–Crippen MR) is 44.2 cm³/mol. The summed E-state index contributed by atoms with van der Waals surface area (Å²) in [6.45, 7) is 0. The molecule has 0 saturated heterocycles. The van der Waals surface area contributed by atoms with Crippen molar-refractivity contribution >= 4 is 36.8 Å². The van der Waals surface area contributed by atoms with Gasteiger partial charge in [0.25, 0.3) is 0 Å². The third-order valence-corrected chi connectivity index (χ3v) is 1.48. The molecule has 0 spiro atoms. The van der Waals surface area contributed by atoms with Gasteiger partial charge in [-0.2, -0.15) is 35.9 Å². The minimum atomic E-state index is 0.481. The molecule has 0 bridgehead atoms. The molecule has 0 amide bonds. The molecule has 0 atom stereocenters. The van der Waals surface area contributed by atoms with E-state index >= 15 is 0 Å². The van der Waals surface area contributed by atoms with Gasteiger partial charge in [-0.3, -0.25) is 0 Å². The van der Waals surface area contributed by atoms with Gasteiger partial charge in [0.05, 0.1) is 0 Å². The van der Waals surface area contributed by atoms with Crippen molar-refractivity contribution in [2.45, 2.75) is 0 Å². The van der Waals surface area contributed by atoms with Crippen LogP contribution < -0.4 is 0 Å². The Bertz CT molecular complexity index is 172. The first-order valence-corrected chi connectivity index (χ1v) is 10.1. The molecule has 0 fully saturated rings. The van der Waals surface area contributed by atoms with Gasteiger partial charge >= 0.3 is 30.0 Å². The number of benzene rings is 1. The van der Waals surface area contributed by atoms with Crippen LogP contribution in [0.5, 0.6) is 0 Å². The molecule has 0 unspecified atom stereocenters. The first kappa shape index (κ1) is 10.9. The van der Waals surface area contributed by atoms with E-state index in [9.17, 15) is 0 Å². The Kier molecular flexibility index (Phi) is 7.20. The zero-order chi connectivity index (χ0) is 7.98. The fourth-order valence-corrected chi connectivity index (χ4v) is 0.649. The maximum absolute atomic E-state index is 5.55. The summed E-state index contributed by atoms with van der Waals surface area (Å²) < 4.78 is 0. The van der Waals surface area contributed by atoms with Crippen LogP contribution >= 0.6 is 36.8 Å². The summed E-state index contributed by atoms with van der Waals surface area (Å²) in [6, 6.07) is 7.96. The Morgan fingerprint density at radius 1 is 1.40 bits per heavy atom. The summed E-state index contributed by atoms with van der Waals surface area (Å²) in [4.78, 5) is 0. The number of halogens is 3. The van der Waals surface area contributed by atoms with Crippen LogP contribution in [-0.2, 0) is 16.3 Å². The van der Waals surface area contributed by atoms with E-state index in [1.165, 1.54) is 16.3 Å². The van der Waals surface area contributed by atoms with Crippen LogP contribution in [0.3, 0.4) is 0 Å². The molecular formula is C6H3BrCl2Zn. The predicted octanol–water partition coefficient (Wildman–Crippen LogP) is 3.64. The molecule has 1 aromatic rings.